The van der Waals surface area contributed by atoms with Gasteiger partial charge in [-0.25, -0.2) is 0 Å². The number of hydrogen-bond acceptors (Lipinski definition) is 4. The smallest absolute Gasteiger partial charge is 0.237 e. The summed E-state index contributed by atoms with van der Waals surface area (Å²) in [6.45, 7) is 4.06. The minimum Gasteiger partial charge on any atom is -0.496 e. The van der Waals surface area contributed by atoms with E-state index in [4.69, 9.17) is 4.74 Å². The van der Waals surface area contributed by atoms with Crippen LogP contribution in [0, 0.1) is 17.8 Å². The fourth-order valence-electron chi connectivity index (χ4n) is 5.73. The molecule has 29 heavy (non-hydrogen) atoms. The molecule has 1 aliphatic heterocycles. The Balaban J connectivity index is 1.38. The molecular weight excluding hydrogens is 366 g/mol. The Kier molecular flexibility index (Phi) is 6.09. The number of benzene rings is 1. The van der Waals surface area contributed by atoms with Gasteiger partial charge in [0.05, 0.1) is 19.6 Å². The number of ether oxygens (including phenoxy) is 1. The van der Waals surface area contributed by atoms with E-state index in [0.29, 0.717) is 19.0 Å². The van der Waals surface area contributed by atoms with Crippen LogP contribution in [0.2, 0.25) is 0 Å². The van der Waals surface area contributed by atoms with Gasteiger partial charge in [0.25, 0.3) is 0 Å². The topological polar surface area (TPSA) is 70.7 Å². The summed E-state index contributed by atoms with van der Waals surface area (Å²) in [5, 5.41) is 6.13. The molecule has 2 N–H and O–H groups in total. The third kappa shape index (κ3) is 4.42. The molecule has 158 valence electrons. The number of piperazine rings is 1. The van der Waals surface area contributed by atoms with Gasteiger partial charge in [-0.15, -0.1) is 0 Å². The van der Waals surface area contributed by atoms with Crippen LogP contribution in [0.15, 0.2) is 24.3 Å². The monoisotopic (exact) mass is 399 g/mol. The van der Waals surface area contributed by atoms with E-state index in [2.05, 4.69) is 22.5 Å². The predicted molar refractivity (Wildman–Crippen MR) is 111 cm³/mol. The van der Waals surface area contributed by atoms with Crippen molar-refractivity contribution in [3.05, 3.63) is 29.8 Å². The van der Waals surface area contributed by atoms with Gasteiger partial charge >= 0.3 is 0 Å². The quantitative estimate of drug-likeness (QED) is 0.738. The molecule has 2 aliphatic carbocycles. The van der Waals surface area contributed by atoms with E-state index in [1.54, 1.807) is 7.11 Å². The molecule has 4 rings (SSSR count). The second-order valence-corrected chi connectivity index (χ2v) is 8.99. The van der Waals surface area contributed by atoms with Crippen molar-refractivity contribution >= 4 is 11.8 Å². The first-order chi connectivity index (χ1) is 14.0. The highest BCUT2D eigenvalue weighted by Gasteiger charge is 2.42. The van der Waals surface area contributed by atoms with Gasteiger partial charge in [0.2, 0.25) is 11.8 Å². The lowest BCUT2D eigenvalue weighted by atomic mass is 9.84. The number of carbonyl (C=O) groups excluding carboxylic acids is 2. The van der Waals surface area contributed by atoms with Crippen LogP contribution in [0.4, 0.5) is 0 Å². The molecule has 0 spiro atoms. The van der Waals surface area contributed by atoms with E-state index >= 15 is 0 Å². The van der Waals surface area contributed by atoms with Gasteiger partial charge in [0.1, 0.15) is 5.75 Å². The molecular formula is C23H33N3O3. The van der Waals surface area contributed by atoms with Crippen LogP contribution >= 0.6 is 0 Å². The molecule has 3 aliphatic rings. The fourth-order valence-corrected chi connectivity index (χ4v) is 5.73. The van der Waals surface area contributed by atoms with Gasteiger partial charge in [0, 0.05) is 31.2 Å². The predicted octanol–water partition coefficient (Wildman–Crippen LogP) is 2.33. The van der Waals surface area contributed by atoms with Crippen molar-refractivity contribution in [2.75, 3.05) is 20.2 Å². The largest absolute Gasteiger partial charge is 0.496 e. The van der Waals surface area contributed by atoms with E-state index < -0.39 is 6.04 Å². The minimum atomic E-state index is -0.444. The summed E-state index contributed by atoms with van der Waals surface area (Å²) in [4.78, 5) is 27.5. The molecule has 1 saturated heterocycles. The van der Waals surface area contributed by atoms with Crippen LogP contribution in [0.25, 0.3) is 0 Å². The van der Waals surface area contributed by atoms with E-state index in [0.717, 1.165) is 29.7 Å². The summed E-state index contributed by atoms with van der Waals surface area (Å²) in [5.74, 6) is 2.97. The lowest BCUT2D eigenvalue weighted by Crippen LogP contribution is -2.56. The van der Waals surface area contributed by atoms with E-state index in [9.17, 15) is 9.59 Å². The zero-order valence-electron chi connectivity index (χ0n) is 17.5. The Morgan fingerprint density at radius 2 is 2.14 bits per heavy atom. The number of methoxy groups -OCH3 is 1. The zero-order valence-corrected chi connectivity index (χ0v) is 17.5. The fraction of sp³-hybridized carbons (Fsp3) is 0.652. The normalized spacial score (nSPS) is 30.1. The Labute approximate surface area is 173 Å². The highest BCUT2D eigenvalue weighted by molar-refractivity contribution is 5.88. The van der Waals surface area contributed by atoms with Crippen molar-refractivity contribution in [2.45, 2.75) is 57.7 Å². The molecule has 2 saturated carbocycles. The first-order valence-corrected chi connectivity index (χ1v) is 11.0. The van der Waals surface area contributed by atoms with Gasteiger partial charge in [-0.1, -0.05) is 24.6 Å². The standard InChI is InChI=1S/C23H33N3O3/c1-15(19-12-16-7-8-17(19)11-16)25-22(27)13-20-23(28)24-9-10-26(20)14-18-5-3-4-6-21(18)29-2/h3-6,15-17,19-20H,7-14H2,1-2H3,(H,24,28)(H,25,27)/t15-,16-,17-,19-,20-/m0/s1. The maximum atomic E-state index is 12.8. The van der Waals surface area contributed by atoms with Crippen molar-refractivity contribution < 1.29 is 14.3 Å². The van der Waals surface area contributed by atoms with Crippen LogP contribution < -0.4 is 15.4 Å². The van der Waals surface area contributed by atoms with Crippen molar-refractivity contribution in [3.8, 4) is 5.75 Å². The molecule has 6 heteroatoms. The van der Waals surface area contributed by atoms with Crippen LogP contribution in [0.5, 0.6) is 5.75 Å². The number of amides is 2. The van der Waals surface area contributed by atoms with Crippen LogP contribution in [-0.4, -0.2) is 49.0 Å². The maximum absolute atomic E-state index is 12.8. The molecule has 2 amide bonds. The third-order valence-corrected chi connectivity index (χ3v) is 7.21. The summed E-state index contributed by atoms with van der Waals surface area (Å²) in [6.07, 6.45) is 5.46. The third-order valence-electron chi connectivity index (χ3n) is 7.21. The second kappa shape index (κ2) is 8.74. The molecule has 1 aromatic rings. The van der Waals surface area contributed by atoms with Crippen molar-refractivity contribution in [3.63, 3.8) is 0 Å². The molecule has 2 bridgehead atoms. The number of para-hydroxylation sites is 1. The summed E-state index contributed by atoms with van der Waals surface area (Å²) in [6, 6.07) is 7.60. The molecule has 5 atom stereocenters. The molecule has 1 heterocycles. The molecule has 0 radical (unpaired) electrons. The highest BCUT2D eigenvalue weighted by Crippen LogP contribution is 2.49. The molecule has 1 aromatic carbocycles. The average Bonchev–Trinajstić information content (AvgIpc) is 3.34. The number of nitrogens with zero attached hydrogens (tertiary/aromatic N) is 1. The van der Waals surface area contributed by atoms with Crippen LogP contribution in [0.3, 0.4) is 0 Å². The number of carbonyl (C=O) groups is 2. The van der Waals surface area contributed by atoms with Gasteiger partial charge < -0.3 is 15.4 Å². The van der Waals surface area contributed by atoms with Crippen LogP contribution in [0.1, 0.15) is 44.6 Å². The number of nitrogens with one attached hydrogen (secondary N) is 2. The first kappa shape index (κ1) is 20.2. The second-order valence-electron chi connectivity index (χ2n) is 8.99. The van der Waals surface area contributed by atoms with Gasteiger partial charge in [-0.2, -0.15) is 0 Å². The van der Waals surface area contributed by atoms with Gasteiger partial charge in [-0.3, -0.25) is 14.5 Å². The van der Waals surface area contributed by atoms with Gasteiger partial charge in [-0.05, 0) is 50.0 Å². The van der Waals surface area contributed by atoms with Gasteiger partial charge in [0.15, 0.2) is 0 Å². The first-order valence-electron chi connectivity index (χ1n) is 11.0. The lowest BCUT2D eigenvalue weighted by Gasteiger charge is -2.35. The Hall–Kier alpha value is -2.08. The summed E-state index contributed by atoms with van der Waals surface area (Å²) < 4.78 is 5.46. The Morgan fingerprint density at radius 3 is 2.86 bits per heavy atom. The van der Waals surface area contributed by atoms with Crippen molar-refractivity contribution in [1.29, 1.82) is 0 Å². The summed E-state index contributed by atoms with van der Waals surface area (Å²) in [5.41, 5.74) is 1.03. The number of fused-ring (bicyclic) bond motifs is 2. The zero-order chi connectivity index (χ0) is 20.4. The SMILES string of the molecule is COc1ccccc1CN1CCNC(=O)[C@@H]1CC(=O)N[C@@H](C)[C@@H]1C[C@H]2CC[C@H]1C2. The van der Waals surface area contributed by atoms with Crippen LogP contribution in [-0.2, 0) is 16.1 Å². The molecule has 0 aromatic heterocycles. The number of rotatable bonds is 7. The Bertz CT molecular complexity index is 753. The molecule has 0 unspecified atom stereocenters. The molecule has 6 nitrogen and oxygen atoms in total. The van der Waals surface area contributed by atoms with E-state index in [1.165, 1.54) is 25.7 Å². The summed E-state index contributed by atoms with van der Waals surface area (Å²) in [7, 11) is 1.66. The maximum Gasteiger partial charge on any atom is 0.237 e. The summed E-state index contributed by atoms with van der Waals surface area (Å²) >= 11 is 0. The van der Waals surface area contributed by atoms with Crippen molar-refractivity contribution in [1.82, 2.24) is 15.5 Å². The minimum absolute atomic E-state index is 0.0210. The Morgan fingerprint density at radius 1 is 1.31 bits per heavy atom. The molecule has 3 fully saturated rings. The van der Waals surface area contributed by atoms with Crippen molar-refractivity contribution in [2.24, 2.45) is 17.8 Å². The highest BCUT2D eigenvalue weighted by atomic mass is 16.5. The van der Waals surface area contributed by atoms with E-state index in [1.807, 2.05) is 24.3 Å². The lowest BCUT2D eigenvalue weighted by molar-refractivity contribution is -0.134. The van der Waals surface area contributed by atoms with E-state index in [-0.39, 0.29) is 24.3 Å². The number of hydrogen-bond donors (Lipinski definition) is 2. The average molecular weight is 400 g/mol.